The summed E-state index contributed by atoms with van der Waals surface area (Å²) in [6.45, 7) is 0. The van der Waals surface area contributed by atoms with Gasteiger partial charge in [-0.1, -0.05) is 0 Å². The van der Waals surface area contributed by atoms with Gasteiger partial charge in [0, 0.05) is 17.1 Å². The Morgan fingerprint density at radius 3 is 1.33 bits per heavy atom. The van der Waals surface area contributed by atoms with Crippen molar-refractivity contribution in [3.8, 4) is 0 Å². The summed E-state index contributed by atoms with van der Waals surface area (Å²) >= 11 is 0. The zero-order valence-electron chi connectivity index (χ0n) is 6.78. The Morgan fingerprint density at radius 1 is 0.933 bits per heavy atom. The van der Waals surface area contributed by atoms with E-state index in [1.54, 1.807) is 0 Å². The maximum absolute atomic E-state index is 10.3. The summed E-state index contributed by atoms with van der Waals surface area (Å²) in [6, 6.07) is 0. The second kappa shape index (κ2) is 8.32. The summed E-state index contributed by atoms with van der Waals surface area (Å²) in [6.07, 6.45) is -2.29. The molecule has 0 heterocycles. The van der Waals surface area contributed by atoms with Crippen molar-refractivity contribution in [3.63, 3.8) is 0 Å². The molecule has 0 fully saturated rings. The molecule has 0 atom stereocenters. The van der Waals surface area contributed by atoms with Gasteiger partial charge in [0.15, 0.2) is 5.60 Å². The van der Waals surface area contributed by atoms with Gasteiger partial charge in [0.2, 0.25) is 0 Å². The van der Waals surface area contributed by atoms with E-state index in [1.807, 2.05) is 0 Å². The Bertz CT molecular complexity index is 238. The fourth-order valence-electron chi connectivity index (χ4n) is 0.714. The van der Waals surface area contributed by atoms with E-state index in [9.17, 15) is 14.4 Å². The van der Waals surface area contributed by atoms with Gasteiger partial charge in [0.05, 0.1) is 12.8 Å². The van der Waals surface area contributed by atoms with Gasteiger partial charge in [-0.2, -0.15) is 0 Å². The molecule has 4 N–H and O–H groups in total. The number of aliphatic carboxylic acids is 3. The van der Waals surface area contributed by atoms with E-state index >= 15 is 0 Å². The first-order valence-corrected chi connectivity index (χ1v) is 3.17. The third-order valence-corrected chi connectivity index (χ3v) is 1.29. The number of carbonyl (C=O) groups is 3. The van der Waals surface area contributed by atoms with Gasteiger partial charge in [-0.15, -0.1) is 0 Å². The van der Waals surface area contributed by atoms with Crippen LogP contribution >= 0.6 is 0 Å². The van der Waals surface area contributed by atoms with Crippen molar-refractivity contribution in [2.45, 2.75) is 18.4 Å². The molecule has 0 aromatic carbocycles. The number of carboxylic acids is 3. The molecule has 7 nitrogen and oxygen atoms in total. The van der Waals surface area contributed by atoms with Crippen molar-refractivity contribution in [1.29, 1.82) is 0 Å². The molecule has 0 radical (unpaired) electrons. The van der Waals surface area contributed by atoms with Crippen LogP contribution in [0.2, 0.25) is 0 Å². The molecular weight excluding hydrogens is 280 g/mol. The van der Waals surface area contributed by atoms with Crippen molar-refractivity contribution < 1.29 is 51.9 Å². The van der Waals surface area contributed by atoms with Crippen LogP contribution in [0.15, 0.2) is 0 Å². The largest absolute Gasteiger partial charge is 0 e. The van der Waals surface area contributed by atoms with Gasteiger partial charge in [-0.05, 0) is 0 Å². The first kappa shape index (κ1) is 20.5. The molecule has 0 rings (SSSR count). The molecule has 0 unspecified atom stereocenters. The van der Waals surface area contributed by atoms with E-state index in [0.29, 0.717) is 0 Å². The number of hydrogen-bond acceptors (Lipinski definition) is 4. The molecule has 0 aromatic rings. The second-order valence-electron chi connectivity index (χ2n) is 2.48. The Kier molecular flexibility index (Phi) is 11.4. The summed E-state index contributed by atoms with van der Waals surface area (Å²) in [5.41, 5.74) is -2.74. The molecule has 0 aliphatic carbocycles. The van der Waals surface area contributed by atoms with Gasteiger partial charge < -0.3 is 20.4 Å². The molecule has 15 heavy (non-hydrogen) atoms. The monoisotopic (exact) mass is 290 g/mol. The van der Waals surface area contributed by atoms with E-state index < -0.39 is 36.4 Å². The predicted octanol–water partition coefficient (Wildman–Crippen LogP) is -2.17. The number of rotatable bonds is 5. The molecule has 86 valence electrons. The molecule has 9 heteroatoms. The van der Waals surface area contributed by atoms with E-state index in [2.05, 4.69) is 0 Å². The van der Waals surface area contributed by atoms with Crippen LogP contribution in [0.1, 0.15) is 12.8 Å². The van der Waals surface area contributed by atoms with E-state index in [-0.39, 0.29) is 54.8 Å². The van der Waals surface area contributed by atoms with Gasteiger partial charge in [0.1, 0.15) is 0 Å². The average molecular weight is 290 g/mol. The standard InChI is InChI=1S/C6H8O7.Ca.Fe.2H/c7-3(8)1-6(13,5(11)12)2-4(9)10;;;;/h13H,1-2H2,(H,7,8)(H,9,10)(H,11,12);;;;. The Morgan fingerprint density at radius 2 is 1.20 bits per heavy atom. The minimum atomic E-state index is -2.74. The van der Waals surface area contributed by atoms with Crippen LogP contribution in [0.25, 0.3) is 0 Å². The van der Waals surface area contributed by atoms with Crippen molar-refractivity contribution in [2.24, 2.45) is 0 Å². The van der Waals surface area contributed by atoms with Crippen molar-refractivity contribution in [2.75, 3.05) is 0 Å². The van der Waals surface area contributed by atoms with Crippen molar-refractivity contribution >= 4 is 55.6 Å². The number of hydrogen-bond donors (Lipinski definition) is 4. The van der Waals surface area contributed by atoms with Crippen LogP contribution in [-0.4, -0.2) is 81.7 Å². The van der Waals surface area contributed by atoms with Gasteiger partial charge in [-0.25, -0.2) is 4.79 Å². The van der Waals surface area contributed by atoms with Crippen molar-refractivity contribution in [3.05, 3.63) is 0 Å². The summed E-state index contributed by atoms with van der Waals surface area (Å²) < 4.78 is 0. The van der Waals surface area contributed by atoms with Crippen LogP contribution in [0.5, 0.6) is 0 Å². The molecule has 0 aliphatic rings. The summed E-state index contributed by atoms with van der Waals surface area (Å²) in [7, 11) is 0. The maximum Gasteiger partial charge on any atom is 0 e. The van der Waals surface area contributed by atoms with E-state index in [4.69, 9.17) is 20.4 Å². The number of aliphatic hydroxyl groups is 1. The molecular formula is C6H10CaFeO7. The maximum atomic E-state index is 10.3. The molecule has 0 amide bonds. The quantitative estimate of drug-likeness (QED) is 0.424. The topological polar surface area (TPSA) is 132 Å². The minimum absolute atomic E-state index is 0. The molecule has 0 bridgehead atoms. The molecule has 0 saturated carbocycles. The predicted molar refractivity (Wildman–Crippen MR) is 45.6 cm³/mol. The van der Waals surface area contributed by atoms with Crippen LogP contribution in [0.3, 0.4) is 0 Å². The molecule has 0 saturated heterocycles. The Labute approximate surface area is 125 Å². The first-order valence-electron chi connectivity index (χ1n) is 3.17. The number of carboxylic acid groups (broad SMARTS) is 3. The normalized spacial score (nSPS) is 9.40. The zero-order valence-corrected chi connectivity index (χ0v) is 7.89. The van der Waals surface area contributed by atoms with Crippen molar-refractivity contribution in [1.82, 2.24) is 0 Å². The van der Waals surface area contributed by atoms with Gasteiger partial charge in [0.25, 0.3) is 0 Å². The van der Waals surface area contributed by atoms with E-state index in [1.165, 1.54) is 0 Å². The molecule has 0 spiro atoms. The van der Waals surface area contributed by atoms with Crippen LogP contribution in [0, 0.1) is 0 Å². The van der Waals surface area contributed by atoms with Crippen LogP contribution in [-0.2, 0) is 31.5 Å². The van der Waals surface area contributed by atoms with Gasteiger partial charge >= 0.3 is 55.6 Å². The molecule has 0 aliphatic heterocycles. The summed E-state index contributed by atoms with van der Waals surface area (Å²) in [5.74, 6) is -5.02. The second-order valence-corrected chi connectivity index (χ2v) is 2.48. The molecule has 0 aromatic heterocycles. The zero-order chi connectivity index (χ0) is 10.6. The Balaban J connectivity index is -0.000000720. The van der Waals surface area contributed by atoms with E-state index in [0.717, 1.165) is 0 Å². The van der Waals surface area contributed by atoms with Gasteiger partial charge in [-0.3, -0.25) is 9.59 Å². The Hall–Kier alpha value is 0.149. The smallest absolute Gasteiger partial charge is 0 e. The SMILES string of the molecule is O=C(O)CC(O)(CC(=O)O)C(=O)O.[CaH2].[Fe]. The summed E-state index contributed by atoms with van der Waals surface area (Å²) in [5, 5.41) is 33.8. The fourth-order valence-corrected chi connectivity index (χ4v) is 0.714. The first-order chi connectivity index (χ1) is 5.78. The van der Waals surface area contributed by atoms with Crippen LogP contribution < -0.4 is 0 Å². The fraction of sp³-hybridized carbons (Fsp3) is 0.500. The summed E-state index contributed by atoms with van der Waals surface area (Å²) in [4.78, 5) is 30.5. The van der Waals surface area contributed by atoms with Crippen LogP contribution in [0.4, 0.5) is 0 Å². The third-order valence-electron chi connectivity index (χ3n) is 1.29. The average Bonchev–Trinajstić information content (AvgIpc) is 1.82. The third kappa shape index (κ3) is 8.01. The minimum Gasteiger partial charge on any atom is 0 e.